The number of allylic oxidation sites excluding steroid dienone is 2. The van der Waals surface area contributed by atoms with E-state index < -0.39 is 10.5 Å². The van der Waals surface area contributed by atoms with Gasteiger partial charge in [-0.3, -0.25) is 9.59 Å². The van der Waals surface area contributed by atoms with Gasteiger partial charge in [0.2, 0.25) is 10.5 Å². The summed E-state index contributed by atoms with van der Waals surface area (Å²) in [5.41, 5.74) is 0.974. The second kappa shape index (κ2) is 12.9. The maximum atomic E-state index is 10.3. The van der Waals surface area contributed by atoms with Crippen LogP contribution in [0.4, 0.5) is 0 Å². The quantitative estimate of drug-likeness (QED) is 0.608. The lowest BCUT2D eigenvalue weighted by atomic mass is 10.2. The molecule has 110 valence electrons. The van der Waals surface area contributed by atoms with Crippen LogP contribution in [0.2, 0.25) is 0 Å². The molecule has 0 atom stereocenters. The van der Waals surface area contributed by atoms with Gasteiger partial charge in [0.15, 0.2) is 0 Å². The highest BCUT2D eigenvalue weighted by Gasteiger charge is 1.85. The van der Waals surface area contributed by atoms with Crippen molar-refractivity contribution in [3.05, 3.63) is 79.3 Å². The summed E-state index contributed by atoms with van der Waals surface area (Å²) in [6.45, 7) is 3.08. The van der Waals surface area contributed by atoms with Gasteiger partial charge >= 0.3 is 0 Å². The maximum Gasteiger partial charge on any atom is 0.245 e. The number of hydrogen-bond donors (Lipinski definition) is 0. The average Bonchev–Trinajstić information content (AvgIpc) is 3.06. The summed E-state index contributed by atoms with van der Waals surface area (Å²) in [6, 6.07) is 13.2. The van der Waals surface area contributed by atoms with Gasteiger partial charge in [-0.15, -0.1) is 0 Å². The molecule has 0 radical (unpaired) electrons. The van der Waals surface area contributed by atoms with Gasteiger partial charge in [-0.1, -0.05) is 43.0 Å². The minimum Gasteiger partial charge on any atom is -0.473 e. The zero-order valence-electron chi connectivity index (χ0n) is 11.1. The molecule has 0 N–H and O–H groups in total. The van der Waals surface area contributed by atoms with Crippen LogP contribution in [0, 0.1) is 0 Å². The Morgan fingerprint density at radius 2 is 1.48 bits per heavy atom. The minimum atomic E-state index is -0.509. The lowest BCUT2D eigenvalue weighted by Crippen LogP contribution is -1.75. The summed E-state index contributed by atoms with van der Waals surface area (Å²) in [7, 11) is 0. The molecule has 5 heteroatoms. The third-order valence-corrected chi connectivity index (χ3v) is 2.07. The second-order valence-corrected chi connectivity index (χ2v) is 4.09. The molecule has 21 heavy (non-hydrogen) atoms. The molecule has 1 heterocycles. The molecule has 0 amide bonds. The van der Waals surface area contributed by atoms with Crippen molar-refractivity contribution in [2.75, 3.05) is 0 Å². The molecule has 3 nitrogen and oxygen atoms in total. The number of halogens is 2. The predicted molar refractivity (Wildman–Crippen MR) is 86.1 cm³/mol. The third-order valence-electron chi connectivity index (χ3n) is 1.79. The van der Waals surface area contributed by atoms with Gasteiger partial charge < -0.3 is 4.42 Å². The molecule has 2 aromatic rings. The van der Waals surface area contributed by atoms with E-state index in [1.165, 1.54) is 6.08 Å². The summed E-state index contributed by atoms with van der Waals surface area (Å²) in [5, 5.41) is -0.959. The summed E-state index contributed by atoms with van der Waals surface area (Å²) >= 11 is 9.81. The van der Waals surface area contributed by atoms with E-state index in [1.807, 2.05) is 42.5 Å². The van der Waals surface area contributed by atoms with Gasteiger partial charge in [0.25, 0.3) is 0 Å². The van der Waals surface area contributed by atoms with Crippen LogP contribution in [-0.2, 0) is 9.59 Å². The van der Waals surface area contributed by atoms with Crippen molar-refractivity contribution >= 4 is 39.8 Å². The van der Waals surface area contributed by atoms with E-state index in [2.05, 4.69) is 11.0 Å². The topological polar surface area (TPSA) is 47.3 Å². The average molecular weight is 325 g/mol. The lowest BCUT2D eigenvalue weighted by Gasteiger charge is -1.87. The number of carbonyl (C=O) groups is 2. The van der Waals surface area contributed by atoms with E-state index in [0.717, 1.165) is 11.6 Å². The second-order valence-electron chi connectivity index (χ2n) is 3.35. The van der Waals surface area contributed by atoms with Crippen molar-refractivity contribution in [3.8, 4) is 0 Å². The highest BCUT2D eigenvalue weighted by Crippen LogP contribution is 2.01. The van der Waals surface area contributed by atoms with E-state index in [1.54, 1.807) is 18.6 Å². The summed E-state index contributed by atoms with van der Waals surface area (Å²) < 4.78 is 4.58. The fraction of sp³-hybridized carbons (Fsp3) is 0. The highest BCUT2D eigenvalue weighted by molar-refractivity contribution is 6.66. The normalized spacial score (nSPS) is 8.86. The van der Waals surface area contributed by atoms with Crippen LogP contribution in [0.15, 0.2) is 78.1 Å². The molecule has 1 aromatic heterocycles. The molecule has 2 rings (SSSR count). The van der Waals surface area contributed by atoms with Crippen LogP contribution < -0.4 is 0 Å². The number of rotatable bonds is 3. The molecule has 0 aliphatic rings. The summed E-state index contributed by atoms with van der Waals surface area (Å²) in [6.07, 6.45) is 7.30. The Bertz CT molecular complexity index is 529. The van der Waals surface area contributed by atoms with E-state index in [-0.39, 0.29) is 0 Å². The highest BCUT2D eigenvalue weighted by atomic mass is 35.5. The van der Waals surface area contributed by atoms with Crippen molar-refractivity contribution in [3.63, 3.8) is 0 Å². The first kappa shape index (κ1) is 18.9. The zero-order chi connectivity index (χ0) is 15.9. The first-order valence-corrected chi connectivity index (χ1v) is 6.53. The molecule has 0 spiro atoms. The summed E-state index contributed by atoms with van der Waals surface area (Å²) in [5.74, 6) is 0. The van der Waals surface area contributed by atoms with Crippen LogP contribution in [0.1, 0.15) is 5.56 Å². The standard InChI is InChI=1S/C9H7ClO.C4H4O.C3H3ClO/c10-9(11)7-6-8-4-2-1-3-5-8;1-2-4-5-3-1;1-2-3(4)5/h1-7H;1-4H;2H,1H2. The fourth-order valence-electron chi connectivity index (χ4n) is 0.953. The first-order valence-electron chi connectivity index (χ1n) is 5.78. The van der Waals surface area contributed by atoms with Gasteiger partial charge in [0.1, 0.15) is 0 Å². The van der Waals surface area contributed by atoms with Crippen LogP contribution in [0.3, 0.4) is 0 Å². The molecule has 0 aliphatic heterocycles. The Kier molecular flexibility index (Phi) is 11.6. The fourth-order valence-corrected chi connectivity index (χ4v) is 1.02. The zero-order valence-corrected chi connectivity index (χ0v) is 12.6. The molecule has 0 bridgehead atoms. The smallest absolute Gasteiger partial charge is 0.245 e. The summed E-state index contributed by atoms with van der Waals surface area (Å²) in [4.78, 5) is 19.8. The molecular formula is C16H14Cl2O3. The van der Waals surface area contributed by atoms with Crippen LogP contribution in [0.25, 0.3) is 6.08 Å². The van der Waals surface area contributed by atoms with E-state index in [4.69, 9.17) is 23.2 Å². The Morgan fingerprint density at radius 1 is 0.952 bits per heavy atom. The van der Waals surface area contributed by atoms with E-state index in [9.17, 15) is 9.59 Å². The maximum absolute atomic E-state index is 10.3. The molecule has 0 aliphatic carbocycles. The van der Waals surface area contributed by atoms with E-state index in [0.29, 0.717) is 0 Å². The molecule has 1 aromatic carbocycles. The van der Waals surface area contributed by atoms with Gasteiger partial charge in [-0.2, -0.15) is 0 Å². The lowest BCUT2D eigenvalue weighted by molar-refractivity contribution is -0.108. The SMILES string of the molecule is C=CC(=O)Cl.O=C(Cl)C=Cc1ccccc1.c1ccoc1. The molecule has 0 unspecified atom stereocenters. The molecule has 0 saturated carbocycles. The van der Waals surface area contributed by atoms with Crippen molar-refractivity contribution < 1.29 is 14.0 Å². The van der Waals surface area contributed by atoms with Gasteiger partial charge in [-0.05, 0) is 53.1 Å². The third kappa shape index (κ3) is 14.1. The minimum absolute atomic E-state index is 0.450. The van der Waals surface area contributed by atoms with Crippen LogP contribution in [0.5, 0.6) is 0 Å². The molecule has 0 fully saturated rings. The van der Waals surface area contributed by atoms with Crippen LogP contribution >= 0.6 is 23.2 Å². The predicted octanol–water partition coefficient (Wildman–Crippen LogP) is 4.68. The number of benzene rings is 1. The Hall–Kier alpha value is -2.10. The van der Waals surface area contributed by atoms with Crippen LogP contribution in [-0.4, -0.2) is 10.5 Å². The van der Waals surface area contributed by atoms with Gasteiger partial charge in [0.05, 0.1) is 12.5 Å². The Labute approximate surface area is 133 Å². The van der Waals surface area contributed by atoms with Crippen molar-refractivity contribution in [1.29, 1.82) is 0 Å². The largest absolute Gasteiger partial charge is 0.473 e. The molecular weight excluding hydrogens is 311 g/mol. The van der Waals surface area contributed by atoms with Crippen molar-refractivity contribution in [2.45, 2.75) is 0 Å². The number of carbonyl (C=O) groups excluding carboxylic acids is 2. The van der Waals surface area contributed by atoms with Crippen molar-refractivity contribution in [2.24, 2.45) is 0 Å². The monoisotopic (exact) mass is 324 g/mol. The first-order chi connectivity index (χ1) is 10.1. The van der Waals surface area contributed by atoms with Gasteiger partial charge in [0, 0.05) is 0 Å². The van der Waals surface area contributed by atoms with Gasteiger partial charge in [-0.25, -0.2) is 0 Å². The van der Waals surface area contributed by atoms with Crippen molar-refractivity contribution in [1.82, 2.24) is 0 Å². The Balaban J connectivity index is 0.000000332. The number of hydrogen-bond acceptors (Lipinski definition) is 3. The van der Waals surface area contributed by atoms with E-state index >= 15 is 0 Å². The molecule has 0 saturated heterocycles. The number of furan rings is 1. The Morgan fingerprint density at radius 3 is 1.81 bits per heavy atom.